The van der Waals surface area contributed by atoms with Gasteiger partial charge in [0.05, 0.1) is 13.2 Å². The van der Waals surface area contributed by atoms with Gasteiger partial charge >= 0.3 is 0 Å². The van der Waals surface area contributed by atoms with Crippen LogP contribution in [0.5, 0.6) is 0 Å². The second-order valence-electron chi connectivity index (χ2n) is 5.95. The van der Waals surface area contributed by atoms with Gasteiger partial charge in [-0.15, -0.1) is 10.2 Å². The van der Waals surface area contributed by atoms with Crippen molar-refractivity contribution in [1.29, 1.82) is 0 Å². The van der Waals surface area contributed by atoms with E-state index in [2.05, 4.69) is 21.7 Å². The van der Waals surface area contributed by atoms with Gasteiger partial charge in [-0.25, -0.2) is 0 Å². The molecule has 1 saturated heterocycles. The highest BCUT2D eigenvalue weighted by Gasteiger charge is 2.20. The van der Waals surface area contributed by atoms with Crippen LogP contribution in [0.2, 0.25) is 0 Å². The zero-order chi connectivity index (χ0) is 16.8. The predicted octanol–water partition coefficient (Wildman–Crippen LogP) is 0.333. The summed E-state index contributed by atoms with van der Waals surface area (Å²) in [5, 5.41) is 19.8. The Morgan fingerprint density at radius 3 is 2.71 bits per heavy atom. The van der Waals surface area contributed by atoms with Crippen LogP contribution in [-0.4, -0.2) is 64.6 Å². The lowest BCUT2D eigenvalue weighted by Crippen LogP contribution is -3.15. The molecule has 0 bridgehead atoms. The molecule has 0 unspecified atom stereocenters. The number of thioether (sulfide) groups is 1. The summed E-state index contributed by atoms with van der Waals surface area (Å²) in [6.45, 7) is 7.20. The lowest BCUT2D eigenvalue weighted by molar-refractivity contribution is -0.910. The number of aliphatic hydroxyl groups is 1. The number of rotatable bonds is 7. The third-order valence-electron chi connectivity index (χ3n) is 4.19. The lowest BCUT2D eigenvalue weighted by Gasteiger charge is -2.25. The van der Waals surface area contributed by atoms with Gasteiger partial charge in [-0.2, -0.15) is 0 Å². The number of morpholine rings is 1. The third kappa shape index (κ3) is 4.36. The van der Waals surface area contributed by atoms with Crippen LogP contribution in [0, 0.1) is 0 Å². The van der Waals surface area contributed by atoms with Gasteiger partial charge in [-0.1, -0.05) is 42.1 Å². The number of hydrogen-bond acceptors (Lipinski definition) is 5. The molecule has 3 rings (SSSR count). The first-order valence-corrected chi connectivity index (χ1v) is 9.47. The monoisotopic (exact) mass is 349 g/mol. The van der Waals surface area contributed by atoms with Crippen LogP contribution in [0.3, 0.4) is 0 Å². The number of quaternary nitrogens is 1. The molecule has 130 valence electrons. The molecule has 0 spiro atoms. The maximum absolute atomic E-state index is 10.3. The van der Waals surface area contributed by atoms with Gasteiger partial charge in [-0.05, 0) is 6.92 Å². The van der Waals surface area contributed by atoms with Gasteiger partial charge in [0.25, 0.3) is 0 Å². The summed E-state index contributed by atoms with van der Waals surface area (Å²) in [5.74, 6) is 1.52. The largest absolute Gasteiger partial charge is 0.386 e. The Hall–Kier alpha value is -1.41. The van der Waals surface area contributed by atoms with Crippen molar-refractivity contribution in [2.24, 2.45) is 0 Å². The summed E-state index contributed by atoms with van der Waals surface area (Å²) in [6.07, 6.45) is -0.342. The molecule has 2 N–H and O–H groups in total. The van der Waals surface area contributed by atoms with Crippen molar-refractivity contribution >= 4 is 11.8 Å². The van der Waals surface area contributed by atoms with E-state index in [0.717, 1.165) is 55.9 Å². The Balaban J connectivity index is 1.60. The SMILES string of the molecule is CCn1c(SC[C@@H](O)C[NH+]2CCOCC2)nnc1-c1ccccc1. The molecule has 2 aromatic rings. The zero-order valence-electron chi connectivity index (χ0n) is 14.0. The molecule has 1 aromatic heterocycles. The predicted molar refractivity (Wildman–Crippen MR) is 94.2 cm³/mol. The quantitative estimate of drug-likeness (QED) is 0.706. The van der Waals surface area contributed by atoms with Crippen LogP contribution in [-0.2, 0) is 11.3 Å². The van der Waals surface area contributed by atoms with Gasteiger partial charge in [0.1, 0.15) is 25.7 Å². The number of aromatic nitrogens is 3. The van der Waals surface area contributed by atoms with Crippen molar-refractivity contribution in [2.45, 2.75) is 24.7 Å². The molecule has 0 radical (unpaired) electrons. The summed E-state index contributed by atoms with van der Waals surface area (Å²) in [7, 11) is 0. The van der Waals surface area contributed by atoms with Crippen molar-refractivity contribution in [3.8, 4) is 11.4 Å². The average molecular weight is 349 g/mol. The Morgan fingerprint density at radius 2 is 2.00 bits per heavy atom. The van der Waals surface area contributed by atoms with Crippen molar-refractivity contribution in [1.82, 2.24) is 14.8 Å². The second kappa shape index (κ2) is 8.62. The lowest BCUT2D eigenvalue weighted by atomic mass is 10.2. The van der Waals surface area contributed by atoms with Gasteiger partial charge < -0.3 is 19.3 Å². The van der Waals surface area contributed by atoms with E-state index in [9.17, 15) is 5.11 Å². The van der Waals surface area contributed by atoms with E-state index >= 15 is 0 Å². The molecule has 0 aliphatic carbocycles. The molecule has 1 atom stereocenters. The highest BCUT2D eigenvalue weighted by atomic mass is 32.2. The maximum atomic E-state index is 10.3. The molecular weight excluding hydrogens is 324 g/mol. The second-order valence-corrected chi connectivity index (χ2v) is 6.93. The fourth-order valence-electron chi connectivity index (χ4n) is 2.91. The van der Waals surface area contributed by atoms with Crippen molar-refractivity contribution in [3.63, 3.8) is 0 Å². The van der Waals surface area contributed by atoms with Crippen molar-refractivity contribution < 1.29 is 14.7 Å². The summed E-state index contributed by atoms with van der Waals surface area (Å²) >= 11 is 1.58. The van der Waals surface area contributed by atoms with Gasteiger partial charge in [-0.3, -0.25) is 0 Å². The van der Waals surface area contributed by atoms with E-state index in [1.54, 1.807) is 11.8 Å². The Labute approximate surface area is 146 Å². The van der Waals surface area contributed by atoms with E-state index in [1.807, 2.05) is 30.3 Å². The maximum Gasteiger partial charge on any atom is 0.191 e. The number of nitrogens with one attached hydrogen (secondary N) is 1. The highest BCUT2D eigenvalue weighted by Crippen LogP contribution is 2.24. The molecule has 0 saturated carbocycles. The van der Waals surface area contributed by atoms with Crippen LogP contribution < -0.4 is 4.90 Å². The summed E-state index contributed by atoms with van der Waals surface area (Å²) in [4.78, 5) is 1.41. The molecular formula is C17H25N4O2S+. The van der Waals surface area contributed by atoms with Crippen LogP contribution in [0.25, 0.3) is 11.4 Å². The average Bonchev–Trinajstić information content (AvgIpc) is 3.04. The van der Waals surface area contributed by atoms with E-state index < -0.39 is 0 Å². The van der Waals surface area contributed by atoms with E-state index in [4.69, 9.17) is 4.74 Å². The van der Waals surface area contributed by atoms with Crippen molar-refractivity contribution in [3.05, 3.63) is 30.3 Å². The summed E-state index contributed by atoms with van der Waals surface area (Å²) < 4.78 is 7.46. The van der Waals surface area contributed by atoms with Crippen molar-refractivity contribution in [2.75, 3.05) is 38.6 Å². The zero-order valence-corrected chi connectivity index (χ0v) is 14.8. The first-order valence-electron chi connectivity index (χ1n) is 8.48. The van der Waals surface area contributed by atoms with Gasteiger partial charge in [0, 0.05) is 17.9 Å². The summed E-state index contributed by atoms with van der Waals surface area (Å²) in [6, 6.07) is 10.1. The van der Waals surface area contributed by atoms with E-state index in [-0.39, 0.29) is 6.10 Å². The number of aliphatic hydroxyl groups excluding tert-OH is 1. The molecule has 24 heavy (non-hydrogen) atoms. The van der Waals surface area contributed by atoms with E-state index in [1.165, 1.54) is 4.90 Å². The number of nitrogens with zero attached hydrogens (tertiary/aromatic N) is 3. The fraction of sp³-hybridized carbons (Fsp3) is 0.529. The number of hydrogen-bond donors (Lipinski definition) is 2. The molecule has 6 nitrogen and oxygen atoms in total. The fourth-order valence-corrected chi connectivity index (χ4v) is 3.84. The van der Waals surface area contributed by atoms with Crippen LogP contribution >= 0.6 is 11.8 Å². The Morgan fingerprint density at radius 1 is 1.25 bits per heavy atom. The van der Waals surface area contributed by atoms with E-state index in [0.29, 0.717) is 5.75 Å². The minimum Gasteiger partial charge on any atom is -0.386 e. The number of benzene rings is 1. The standard InChI is InChI=1S/C17H24N4O2S/c1-2-21-16(14-6-4-3-5-7-14)18-19-17(21)24-13-15(22)12-20-8-10-23-11-9-20/h3-7,15,22H,2,8-13H2,1H3/p+1/t15-/m0/s1. The molecule has 1 aromatic carbocycles. The van der Waals surface area contributed by atoms with Gasteiger partial charge in [0.15, 0.2) is 11.0 Å². The minimum atomic E-state index is -0.342. The van der Waals surface area contributed by atoms with Gasteiger partial charge in [0.2, 0.25) is 0 Å². The first-order chi connectivity index (χ1) is 11.8. The molecule has 7 heteroatoms. The highest BCUT2D eigenvalue weighted by molar-refractivity contribution is 7.99. The summed E-state index contributed by atoms with van der Waals surface area (Å²) in [5.41, 5.74) is 1.07. The Kier molecular flexibility index (Phi) is 6.25. The molecule has 1 aliphatic rings. The van der Waals surface area contributed by atoms with Crippen LogP contribution in [0.4, 0.5) is 0 Å². The molecule has 1 fully saturated rings. The smallest absolute Gasteiger partial charge is 0.191 e. The molecule has 0 amide bonds. The minimum absolute atomic E-state index is 0.342. The van der Waals surface area contributed by atoms with Crippen LogP contribution in [0.15, 0.2) is 35.5 Å². The normalized spacial score (nSPS) is 17.1. The Bertz CT molecular complexity index is 629. The van der Waals surface area contributed by atoms with Crippen LogP contribution in [0.1, 0.15) is 6.92 Å². The third-order valence-corrected chi connectivity index (χ3v) is 5.31. The molecule has 1 aliphatic heterocycles. The topological polar surface area (TPSA) is 64.6 Å². The molecule has 2 heterocycles. The first kappa shape index (κ1) is 17.4. The number of ether oxygens (including phenoxy) is 1.